The molecule has 0 atom stereocenters. The number of anilines is 1. The van der Waals surface area contributed by atoms with Crippen LogP contribution in [0.25, 0.3) is 0 Å². The lowest BCUT2D eigenvalue weighted by Crippen LogP contribution is -2.23. The van der Waals surface area contributed by atoms with Crippen LogP contribution in [0.1, 0.15) is 25.0 Å². The van der Waals surface area contributed by atoms with Crippen LogP contribution in [0.2, 0.25) is 0 Å². The van der Waals surface area contributed by atoms with Gasteiger partial charge >= 0.3 is 0 Å². The highest BCUT2D eigenvalue weighted by Gasteiger charge is 2.09. The Morgan fingerprint density at radius 2 is 1.67 bits per heavy atom. The number of aromatic nitrogens is 1. The molecule has 0 bridgehead atoms. The Labute approximate surface area is 125 Å². The summed E-state index contributed by atoms with van der Waals surface area (Å²) in [5.74, 6) is -0.156. The van der Waals surface area contributed by atoms with Gasteiger partial charge in [-0.1, -0.05) is 6.07 Å². The van der Waals surface area contributed by atoms with Gasteiger partial charge in [0.15, 0.2) is 0 Å². The van der Waals surface area contributed by atoms with Gasteiger partial charge in [0.1, 0.15) is 5.82 Å². The fourth-order valence-corrected chi connectivity index (χ4v) is 2.33. The van der Waals surface area contributed by atoms with Gasteiger partial charge in [-0.3, -0.25) is 4.98 Å². The zero-order valence-electron chi connectivity index (χ0n) is 12.6. The van der Waals surface area contributed by atoms with Crippen molar-refractivity contribution in [2.24, 2.45) is 0 Å². The molecule has 0 spiro atoms. The maximum absolute atomic E-state index is 13.9. The van der Waals surface area contributed by atoms with Crippen molar-refractivity contribution in [2.45, 2.75) is 26.9 Å². The molecule has 0 aliphatic heterocycles. The van der Waals surface area contributed by atoms with E-state index < -0.39 is 0 Å². The van der Waals surface area contributed by atoms with E-state index in [0.717, 1.165) is 31.7 Å². The SMILES string of the molecule is CCN(CC)c1cc(CNCc2ccncc2)ccc1F. The molecule has 0 unspecified atom stereocenters. The first kappa shape index (κ1) is 15.4. The van der Waals surface area contributed by atoms with E-state index in [0.29, 0.717) is 5.69 Å². The first-order valence-corrected chi connectivity index (χ1v) is 7.37. The van der Waals surface area contributed by atoms with E-state index in [-0.39, 0.29) is 5.82 Å². The molecule has 1 N–H and O–H groups in total. The van der Waals surface area contributed by atoms with E-state index in [1.165, 1.54) is 5.56 Å². The smallest absolute Gasteiger partial charge is 0.146 e. The Bertz CT molecular complexity index is 553. The molecule has 0 fully saturated rings. The molecule has 3 nitrogen and oxygen atoms in total. The van der Waals surface area contributed by atoms with E-state index in [1.54, 1.807) is 18.5 Å². The largest absolute Gasteiger partial charge is 0.370 e. The molecule has 1 aromatic carbocycles. The summed E-state index contributed by atoms with van der Waals surface area (Å²) in [6.45, 7) is 7.19. The molecule has 0 radical (unpaired) electrons. The van der Waals surface area contributed by atoms with Crippen molar-refractivity contribution < 1.29 is 4.39 Å². The number of rotatable bonds is 7. The number of hydrogen-bond acceptors (Lipinski definition) is 3. The van der Waals surface area contributed by atoms with Gasteiger partial charge in [0.05, 0.1) is 5.69 Å². The van der Waals surface area contributed by atoms with E-state index in [9.17, 15) is 4.39 Å². The molecule has 0 saturated carbocycles. The van der Waals surface area contributed by atoms with Crippen LogP contribution in [0.5, 0.6) is 0 Å². The van der Waals surface area contributed by atoms with Crippen molar-refractivity contribution in [1.82, 2.24) is 10.3 Å². The third-order valence-corrected chi connectivity index (χ3v) is 3.52. The van der Waals surface area contributed by atoms with E-state index >= 15 is 0 Å². The highest BCUT2D eigenvalue weighted by molar-refractivity contribution is 5.49. The second-order valence-corrected chi connectivity index (χ2v) is 4.92. The molecule has 0 saturated heterocycles. The Hall–Kier alpha value is -1.94. The zero-order valence-corrected chi connectivity index (χ0v) is 12.6. The average Bonchev–Trinajstić information content (AvgIpc) is 2.52. The van der Waals surface area contributed by atoms with Crippen molar-refractivity contribution in [3.8, 4) is 0 Å². The monoisotopic (exact) mass is 287 g/mol. The van der Waals surface area contributed by atoms with Crippen LogP contribution in [-0.4, -0.2) is 18.1 Å². The van der Waals surface area contributed by atoms with Gasteiger partial charge in [-0.25, -0.2) is 4.39 Å². The average molecular weight is 287 g/mol. The zero-order chi connectivity index (χ0) is 15.1. The lowest BCUT2D eigenvalue weighted by atomic mass is 10.1. The summed E-state index contributed by atoms with van der Waals surface area (Å²) in [4.78, 5) is 6.03. The molecule has 0 aliphatic rings. The Morgan fingerprint density at radius 1 is 1.00 bits per heavy atom. The maximum Gasteiger partial charge on any atom is 0.146 e. The number of nitrogens with zero attached hydrogens (tertiary/aromatic N) is 2. The summed E-state index contributed by atoms with van der Waals surface area (Å²) >= 11 is 0. The molecule has 1 aromatic heterocycles. The third-order valence-electron chi connectivity index (χ3n) is 3.52. The highest BCUT2D eigenvalue weighted by Crippen LogP contribution is 2.20. The summed E-state index contributed by atoms with van der Waals surface area (Å²) in [5, 5.41) is 3.37. The minimum absolute atomic E-state index is 0.156. The van der Waals surface area contributed by atoms with E-state index in [4.69, 9.17) is 0 Å². The fourth-order valence-electron chi connectivity index (χ4n) is 2.33. The molecule has 21 heavy (non-hydrogen) atoms. The summed E-state index contributed by atoms with van der Waals surface area (Å²) in [7, 11) is 0. The summed E-state index contributed by atoms with van der Waals surface area (Å²) in [6, 6.07) is 9.29. The first-order valence-electron chi connectivity index (χ1n) is 7.37. The van der Waals surface area contributed by atoms with Gasteiger partial charge < -0.3 is 10.2 Å². The standard InChI is InChI=1S/C17H22FN3/c1-3-21(4-2)17-11-15(5-6-16(17)18)13-20-12-14-7-9-19-10-8-14/h5-11,20H,3-4,12-13H2,1-2H3. The minimum atomic E-state index is -0.156. The van der Waals surface area contributed by atoms with Gasteiger partial charge in [0.2, 0.25) is 0 Å². The van der Waals surface area contributed by atoms with Crippen LogP contribution in [0, 0.1) is 5.82 Å². The van der Waals surface area contributed by atoms with E-state index in [1.807, 2.05) is 43.0 Å². The molecule has 0 amide bonds. The lowest BCUT2D eigenvalue weighted by molar-refractivity contribution is 0.617. The minimum Gasteiger partial charge on any atom is -0.370 e. The van der Waals surface area contributed by atoms with Crippen LogP contribution >= 0.6 is 0 Å². The van der Waals surface area contributed by atoms with Crippen molar-refractivity contribution in [2.75, 3.05) is 18.0 Å². The van der Waals surface area contributed by atoms with Gasteiger partial charge in [-0.15, -0.1) is 0 Å². The fraction of sp³-hybridized carbons (Fsp3) is 0.353. The van der Waals surface area contributed by atoms with Gasteiger partial charge in [0.25, 0.3) is 0 Å². The second kappa shape index (κ2) is 7.74. The molecule has 112 valence electrons. The molecule has 2 rings (SSSR count). The maximum atomic E-state index is 13.9. The van der Waals surface area contributed by atoms with Crippen molar-refractivity contribution >= 4 is 5.69 Å². The third kappa shape index (κ3) is 4.26. The number of hydrogen-bond donors (Lipinski definition) is 1. The molecule has 2 aromatic rings. The lowest BCUT2D eigenvalue weighted by Gasteiger charge is -2.22. The van der Waals surface area contributed by atoms with Crippen molar-refractivity contribution in [3.05, 3.63) is 59.7 Å². The van der Waals surface area contributed by atoms with Crippen LogP contribution in [-0.2, 0) is 13.1 Å². The van der Waals surface area contributed by atoms with Gasteiger partial charge in [-0.05, 0) is 49.2 Å². The summed E-state index contributed by atoms with van der Waals surface area (Å²) in [5.41, 5.74) is 2.96. The first-order chi connectivity index (χ1) is 10.2. The topological polar surface area (TPSA) is 28.2 Å². The van der Waals surface area contributed by atoms with Crippen molar-refractivity contribution in [1.29, 1.82) is 0 Å². The summed E-state index contributed by atoms with van der Waals surface area (Å²) < 4.78 is 13.9. The number of halogens is 1. The molecule has 1 heterocycles. The van der Waals surface area contributed by atoms with Crippen molar-refractivity contribution in [3.63, 3.8) is 0 Å². The van der Waals surface area contributed by atoms with Crippen LogP contribution in [0.4, 0.5) is 10.1 Å². The number of pyridine rings is 1. The molecular weight excluding hydrogens is 265 g/mol. The Kier molecular flexibility index (Phi) is 5.69. The molecular formula is C17H22FN3. The second-order valence-electron chi connectivity index (χ2n) is 4.92. The quantitative estimate of drug-likeness (QED) is 0.846. The van der Waals surface area contributed by atoms with E-state index in [2.05, 4.69) is 10.3 Å². The normalized spacial score (nSPS) is 10.6. The number of nitrogens with one attached hydrogen (secondary N) is 1. The predicted molar refractivity (Wildman–Crippen MR) is 84.7 cm³/mol. The molecule has 4 heteroatoms. The Morgan fingerprint density at radius 3 is 2.33 bits per heavy atom. The van der Waals surface area contributed by atoms with Crippen LogP contribution < -0.4 is 10.2 Å². The Balaban J connectivity index is 1.99. The molecule has 0 aliphatic carbocycles. The summed E-state index contributed by atoms with van der Waals surface area (Å²) in [6.07, 6.45) is 3.57. The number of benzene rings is 1. The van der Waals surface area contributed by atoms with Gasteiger partial charge in [0, 0.05) is 38.6 Å². The van der Waals surface area contributed by atoms with Crippen LogP contribution in [0.3, 0.4) is 0 Å². The van der Waals surface area contributed by atoms with Crippen LogP contribution in [0.15, 0.2) is 42.7 Å². The van der Waals surface area contributed by atoms with Gasteiger partial charge in [-0.2, -0.15) is 0 Å². The predicted octanol–water partition coefficient (Wildman–Crippen LogP) is 3.36. The highest BCUT2D eigenvalue weighted by atomic mass is 19.1.